The summed E-state index contributed by atoms with van der Waals surface area (Å²) in [5.41, 5.74) is 7.75. The summed E-state index contributed by atoms with van der Waals surface area (Å²) < 4.78 is 10.5. The highest BCUT2D eigenvalue weighted by Gasteiger charge is 2.19. The molecule has 3 N–H and O–H groups in total. The lowest BCUT2D eigenvalue weighted by atomic mass is 9.97. The van der Waals surface area contributed by atoms with E-state index in [0.717, 1.165) is 24.0 Å². The molecule has 1 amide bonds. The minimum Gasteiger partial charge on any atom is -0.493 e. The molecular weight excluding hydrogens is 418 g/mol. The van der Waals surface area contributed by atoms with Crippen LogP contribution in [0.5, 0.6) is 11.5 Å². The van der Waals surface area contributed by atoms with Crippen LogP contribution in [0.1, 0.15) is 44.2 Å². The number of aliphatic imine (C=N–C) groups is 1. The molecule has 0 radical (unpaired) electrons. The molecule has 0 saturated carbocycles. The summed E-state index contributed by atoms with van der Waals surface area (Å²) in [5.74, 6) is 1.31. The molecule has 2 rings (SSSR count). The number of nitrogens with one attached hydrogen (secondary N) is 1. The van der Waals surface area contributed by atoms with Crippen LogP contribution in [0.2, 0.25) is 0 Å². The van der Waals surface area contributed by atoms with Gasteiger partial charge in [-0.25, -0.2) is 4.99 Å². The number of ketones is 1. The fourth-order valence-electron chi connectivity index (χ4n) is 3.48. The van der Waals surface area contributed by atoms with Gasteiger partial charge in [0.1, 0.15) is 6.04 Å². The molecule has 2 aromatic rings. The van der Waals surface area contributed by atoms with Crippen LogP contribution in [-0.2, 0) is 22.4 Å². The third-order valence-corrected chi connectivity index (χ3v) is 5.22. The molecule has 7 heteroatoms. The summed E-state index contributed by atoms with van der Waals surface area (Å²) in [6, 6.07) is 14.3. The normalized spacial score (nSPS) is 12.3. The van der Waals surface area contributed by atoms with E-state index in [9.17, 15) is 9.59 Å². The maximum absolute atomic E-state index is 12.9. The smallest absolute Gasteiger partial charge is 0.231 e. The summed E-state index contributed by atoms with van der Waals surface area (Å²) in [6.07, 6.45) is 2.75. The second kappa shape index (κ2) is 13.3. The number of hydrogen-bond donors (Lipinski definition) is 2. The first-order valence-electron chi connectivity index (χ1n) is 11.2. The van der Waals surface area contributed by atoms with Crippen LogP contribution in [0.3, 0.4) is 0 Å². The number of amides is 1. The second-order valence-corrected chi connectivity index (χ2v) is 8.39. The summed E-state index contributed by atoms with van der Waals surface area (Å²) >= 11 is 0. The Kier molecular flexibility index (Phi) is 10.4. The van der Waals surface area contributed by atoms with Gasteiger partial charge in [0.2, 0.25) is 5.91 Å². The molecule has 0 bridgehead atoms. The minimum absolute atomic E-state index is 0.0246. The first-order chi connectivity index (χ1) is 15.8. The zero-order valence-electron chi connectivity index (χ0n) is 20.0. The standard InChI is InChI=1S/C26H35N3O4/c1-18(2)9-8-12-22(30)21(15-19-10-6-5-7-11-19)28-26(27)29-25(31)17-20-13-14-23(32-3)24(16-20)33-4/h5-7,10-11,13-14,16,18,21H,8-9,12,15,17H2,1-4H3,(H3,27,28,29,31)/t21-/m1/s1. The van der Waals surface area contributed by atoms with E-state index in [1.54, 1.807) is 25.3 Å². The molecule has 0 heterocycles. The Labute approximate surface area is 196 Å². The van der Waals surface area contributed by atoms with Crippen LogP contribution in [-0.4, -0.2) is 37.9 Å². The lowest BCUT2D eigenvalue weighted by Crippen LogP contribution is -2.39. The van der Waals surface area contributed by atoms with Crippen molar-refractivity contribution in [2.24, 2.45) is 16.6 Å². The number of ether oxygens (including phenoxy) is 2. The summed E-state index contributed by atoms with van der Waals surface area (Å²) in [5, 5.41) is 2.60. The van der Waals surface area contributed by atoms with E-state index in [4.69, 9.17) is 15.2 Å². The second-order valence-electron chi connectivity index (χ2n) is 8.39. The molecule has 2 aromatic carbocycles. The average Bonchev–Trinajstić information content (AvgIpc) is 2.78. The number of nitrogens with two attached hydrogens (primary N) is 1. The van der Waals surface area contributed by atoms with Crippen LogP contribution >= 0.6 is 0 Å². The SMILES string of the molecule is COc1ccc(CC(=O)NC(N)=N[C@H](Cc2ccccc2)C(=O)CCCC(C)C)cc1OC. The van der Waals surface area contributed by atoms with Gasteiger partial charge < -0.3 is 15.2 Å². The van der Waals surface area contributed by atoms with Crippen molar-refractivity contribution < 1.29 is 19.1 Å². The Bertz CT molecular complexity index is 942. The molecule has 0 aromatic heterocycles. The molecule has 0 aliphatic heterocycles. The number of benzene rings is 2. The van der Waals surface area contributed by atoms with E-state index in [1.807, 2.05) is 30.3 Å². The molecule has 1 atom stereocenters. The Morgan fingerprint density at radius 2 is 1.70 bits per heavy atom. The topological polar surface area (TPSA) is 103 Å². The average molecular weight is 454 g/mol. The molecule has 0 saturated heterocycles. The third kappa shape index (κ3) is 8.96. The van der Waals surface area contributed by atoms with Crippen molar-refractivity contribution in [1.29, 1.82) is 0 Å². The van der Waals surface area contributed by atoms with Gasteiger partial charge in [-0.15, -0.1) is 0 Å². The van der Waals surface area contributed by atoms with Crippen LogP contribution in [0.4, 0.5) is 0 Å². The third-order valence-electron chi connectivity index (χ3n) is 5.22. The highest BCUT2D eigenvalue weighted by molar-refractivity contribution is 5.98. The van der Waals surface area contributed by atoms with Gasteiger partial charge >= 0.3 is 0 Å². The summed E-state index contributed by atoms with van der Waals surface area (Å²) in [7, 11) is 3.09. The Morgan fingerprint density at radius 1 is 1.00 bits per heavy atom. The number of carbonyl (C=O) groups excluding carboxylic acids is 2. The lowest BCUT2D eigenvalue weighted by Gasteiger charge is -2.14. The number of rotatable bonds is 12. The van der Waals surface area contributed by atoms with Crippen molar-refractivity contribution in [3.8, 4) is 11.5 Å². The summed E-state index contributed by atoms with van der Waals surface area (Å²) in [4.78, 5) is 29.8. The van der Waals surface area contributed by atoms with E-state index in [2.05, 4.69) is 24.2 Å². The first-order valence-corrected chi connectivity index (χ1v) is 11.2. The van der Waals surface area contributed by atoms with Gasteiger partial charge in [-0.1, -0.05) is 56.7 Å². The zero-order chi connectivity index (χ0) is 24.2. The highest BCUT2D eigenvalue weighted by atomic mass is 16.5. The van der Waals surface area contributed by atoms with Gasteiger partial charge in [0.25, 0.3) is 0 Å². The first kappa shape index (κ1) is 25.9. The Morgan fingerprint density at radius 3 is 2.33 bits per heavy atom. The molecule has 0 spiro atoms. The monoisotopic (exact) mass is 453 g/mol. The van der Waals surface area contributed by atoms with Gasteiger partial charge in [0, 0.05) is 12.8 Å². The molecule has 0 aliphatic rings. The number of guanidine groups is 1. The number of methoxy groups -OCH3 is 2. The van der Waals surface area contributed by atoms with Gasteiger partial charge in [-0.2, -0.15) is 0 Å². The Hall–Kier alpha value is -3.35. The number of Topliss-reactive ketones (excluding diaryl/α,β-unsaturated/α-hetero) is 1. The predicted molar refractivity (Wildman–Crippen MR) is 131 cm³/mol. The fourth-order valence-corrected chi connectivity index (χ4v) is 3.48. The van der Waals surface area contributed by atoms with Crippen LogP contribution in [0.25, 0.3) is 0 Å². The largest absolute Gasteiger partial charge is 0.493 e. The number of hydrogen-bond acceptors (Lipinski definition) is 5. The van der Waals surface area contributed by atoms with Crippen molar-refractivity contribution in [3.63, 3.8) is 0 Å². The quantitative estimate of drug-likeness (QED) is 0.377. The van der Waals surface area contributed by atoms with Crippen molar-refractivity contribution in [2.45, 2.75) is 52.0 Å². The molecule has 0 fully saturated rings. The highest BCUT2D eigenvalue weighted by Crippen LogP contribution is 2.27. The summed E-state index contributed by atoms with van der Waals surface area (Å²) in [6.45, 7) is 4.27. The van der Waals surface area contributed by atoms with Crippen molar-refractivity contribution in [1.82, 2.24) is 5.32 Å². The van der Waals surface area contributed by atoms with Gasteiger partial charge in [0.05, 0.1) is 20.6 Å². The Balaban J connectivity index is 2.07. The van der Waals surface area contributed by atoms with Gasteiger partial charge in [-0.05, 0) is 35.6 Å². The van der Waals surface area contributed by atoms with E-state index in [0.29, 0.717) is 30.3 Å². The van der Waals surface area contributed by atoms with E-state index in [-0.39, 0.29) is 24.1 Å². The maximum Gasteiger partial charge on any atom is 0.231 e. The molecule has 0 aliphatic carbocycles. The zero-order valence-corrected chi connectivity index (χ0v) is 20.0. The molecule has 0 unspecified atom stereocenters. The van der Waals surface area contributed by atoms with Crippen molar-refractivity contribution >= 4 is 17.6 Å². The van der Waals surface area contributed by atoms with Gasteiger partial charge in [-0.3, -0.25) is 14.9 Å². The molecule has 33 heavy (non-hydrogen) atoms. The molecule has 7 nitrogen and oxygen atoms in total. The maximum atomic E-state index is 12.9. The fraction of sp³-hybridized carbons (Fsp3) is 0.423. The van der Waals surface area contributed by atoms with Crippen molar-refractivity contribution in [2.75, 3.05) is 14.2 Å². The van der Waals surface area contributed by atoms with E-state index >= 15 is 0 Å². The van der Waals surface area contributed by atoms with Crippen molar-refractivity contribution in [3.05, 3.63) is 59.7 Å². The predicted octanol–water partition coefficient (Wildman–Crippen LogP) is 3.68. The minimum atomic E-state index is -0.638. The van der Waals surface area contributed by atoms with Crippen LogP contribution in [0.15, 0.2) is 53.5 Å². The number of nitrogens with zero attached hydrogens (tertiary/aromatic N) is 1. The number of carbonyl (C=O) groups is 2. The molecule has 178 valence electrons. The lowest BCUT2D eigenvalue weighted by molar-refractivity contribution is -0.121. The van der Waals surface area contributed by atoms with Crippen LogP contribution < -0.4 is 20.5 Å². The van der Waals surface area contributed by atoms with Gasteiger partial charge in [0.15, 0.2) is 23.2 Å². The van der Waals surface area contributed by atoms with E-state index in [1.165, 1.54) is 7.11 Å². The molecular formula is C26H35N3O4. The van der Waals surface area contributed by atoms with Crippen LogP contribution in [0, 0.1) is 5.92 Å². The van der Waals surface area contributed by atoms with E-state index < -0.39 is 6.04 Å².